The number of rotatable bonds is 5. The van der Waals surface area contributed by atoms with Crippen LogP contribution in [0.2, 0.25) is 0 Å². The SMILES string of the molecule is CN=C(NCc1c(C)nn(C)c1C)NCC1(N2CCCCC2)CCN(C)CC1.I. The van der Waals surface area contributed by atoms with E-state index in [4.69, 9.17) is 0 Å². The summed E-state index contributed by atoms with van der Waals surface area (Å²) in [4.78, 5) is 9.71. The van der Waals surface area contributed by atoms with Crippen molar-refractivity contribution in [1.82, 2.24) is 30.2 Å². The van der Waals surface area contributed by atoms with Crippen molar-refractivity contribution in [2.24, 2.45) is 12.0 Å². The first kappa shape index (κ1) is 24.4. The van der Waals surface area contributed by atoms with Gasteiger partial charge in [-0.05, 0) is 72.8 Å². The Balaban J connectivity index is 0.00000300. The molecule has 0 atom stereocenters. The Labute approximate surface area is 193 Å². The van der Waals surface area contributed by atoms with Gasteiger partial charge in [-0.15, -0.1) is 24.0 Å². The van der Waals surface area contributed by atoms with Gasteiger partial charge in [-0.1, -0.05) is 6.42 Å². The number of likely N-dealkylation sites (tertiary alicyclic amines) is 2. The number of hydrogen-bond donors (Lipinski definition) is 2. The van der Waals surface area contributed by atoms with E-state index in [0.717, 1.165) is 24.7 Å². The number of nitrogens with zero attached hydrogens (tertiary/aromatic N) is 5. The van der Waals surface area contributed by atoms with Gasteiger partial charge >= 0.3 is 0 Å². The van der Waals surface area contributed by atoms with Crippen molar-refractivity contribution in [1.29, 1.82) is 0 Å². The van der Waals surface area contributed by atoms with Gasteiger partial charge in [-0.25, -0.2) is 0 Å². The Kier molecular flexibility index (Phi) is 9.21. The highest BCUT2D eigenvalue weighted by Crippen LogP contribution is 2.30. The lowest BCUT2D eigenvalue weighted by molar-refractivity contribution is 0.0173. The molecule has 0 radical (unpaired) electrons. The van der Waals surface area contributed by atoms with Crippen molar-refractivity contribution < 1.29 is 0 Å². The third-order valence-corrected chi connectivity index (χ3v) is 6.84. The molecule has 0 unspecified atom stereocenters. The van der Waals surface area contributed by atoms with Crippen molar-refractivity contribution in [2.75, 3.05) is 46.8 Å². The van der Waals surface area contributed by atoms with Crippen molar-refractivity contribution in [2.45, 2.75) is 58.0 Å². The van der Waals surface area contributed by atoms with E-state index in [1.54, 1.807) is 0 Å². The number of aryl methyl sites for hydroxylation is 2. The number of piperidine rings is 2. The summed E-state index contributed by atoms with van der Waals surface area (Å²) in [5.41, 5.74) is 3.81. The first-order valence-electron chi connectivity index (χ1n) is 10.8. The van der Waals surface area contributed by atoms with Gasteiger partial charge in [0.05, 0.1) is 5.69 Å². The maximum absolute atomic E-state index is 4.52. The van der Waals surface area contributed by atoms with Crippen LogP contribution in [0.4, 0.5) is 0 Å². The predicted octanol–water partition coefficient (Wildman–Crippen LogP) is 2.27. The minimum atomic E-state index is 0. The highest BCUT2D eigenvalue weighted by molar-refractivity contribution is 14.0. The van der Waals surface area contributed by atoms with Gasteiger partial charge in [-0.2, -0.15) is 5.10 Å². The summed E-state index contributed by atoms with van der Waals surface area (Å²) < 4.78 is 1.95. The summed E-state index contributed by atoms with van der Waals surface area (Å²) in [5.74, 6) is 0.887. The first-order valence-corrected chi connectivity index (χ1v) is 10.8. The zero-order valence-electron chi connectivity index (χ0n) is 18.9. The maximum Gasteiger partial charge on any atom is 0.191 e. The van der Waals surface area contributed by atoms with Crippen LogP contribution >= 0.6 is 24.0 Å². The van der Waals surface area contributed by atoms with Crippen LogP contribution in [0, 0.1) is 13.8 Å². The van der Waals surface area contributed by atoms with Crippen molar-refractivity contribution in [3.63, 3.8) is 0 Å². The van der Waals surface area contributed by atoms with E-state index in [9.17, 15) is 0 Å². The summed E-state index contributed by atoms with van der Waals surface area (Å²) in [6.07, 6.45) is 6.52. The molecule has 7 nitrogen and oxygen atoms in total. The average molecular weight is 518 g/mol. The lowest BCUT2D eigenvalue weighted by atomic mass is 9.84. The Bertz CT molecular complexity index is 671. The molecule has 0 bridgehead atoms. The largest absolute Gasteiger partial charge is 0.355 e. The number of hydrogen-bond acceptors (Lipinski definition) is 4. The normalized spacial score (nSPS) is 20.9. The van der Waals surface area contributed by atoms with Gasteiger partial charge in [0, 0.05) is 44.0 Å². The number of aromatic nitrogens is 2. The molecule has 0 saturated carbocycles. The fourth-order valence-electron chi connectivity index (χ4n) is 4.72. The second kappa shape index (κ2) is 10.9. The van der Waals surface area contributed by atoms with Crippen LogP contribution in [0.25, 0.3) is 0 Å². The Morgan fingerprint density at radius 1 is 1.03 bits per heavy atom. The molecular formula is C21H40IN7. The molecule has 0 aromatic carbocycles. The monoisotopic (exact) mass is 517 g/mol. The molecule has 0 aliphatic carbocycles. The molecule has 1 aromatic heterocycles. The van der Waals surface area contributed by atoms with Crippen LogP contribution in [0.1, 0.15) is 49.1 Å². The van der Waals surface area contributed by atoms with Gasteiger partial charge in [0.25, 0.3) is 0 Å². The zero-order chi connectivity index (χ0) is 20.1. The minimum absolute atomic E-state index is 0. The molecule has 2 aliphatic rings. The van der Waals surface area contributed by atoms with Gasteiger partial charge in [-0.3, -0.25) is 14.6 Å². The highest BCUT2D eigenvalue weighted by Gasteiger charge is 2.39. The predicted molar refractivity (Wildman–Crippen MR) is 131 cm³/mol. The van der Waals surface area contributed by atoms with Gasteiger partial charge < -0.3 is 15.5 Å². The number of aliphatic imine (C=N–C) groups is 1. The lowest BCUT2D eigenvalue weighted by Crippen LogP contribution is -2.62. The van der Waals surface area contributed by atoms with Crippen LogP contribution in [0.3, 0.4) is 0 Å². The molecule has 1 aromatic rings. The summed E-state index contributed by atoms with van der Waals surface area (Å²) in [6.45, 7) is 10.8. The standard InChI is InChI=1S/C21H39N7.HI/c1-17-19(18(2)27(5)25-17)15-23-20(22-3)24-16-21(9-13-26(4)14-10-21)28-11-7-6-8-12-28;/h6-16H2,1-5H3,(H2,22,23,24);1H. The lowest BCUT2D eigenvalue weighted by Gasteiger charge is -2.50. The minimum Gasteiger partial charge on any atom is -0.355 e. The molecule has 0 amide bonds. The van der Waals surface area contributed by atoms with E-state index in [1.165, 1.54) is 69.5 Å². The summed E-state index contributed by atoms with van der Waals surface area (Å²) >= 11 is 0. The van der Waals surface area contributed by atoms with Gasteiger partial charge in [0.2, 0.25) is 0 Å². The van der Waals surface area contributed by atoms with E-state index in [0.29, 0.717) is 0 Å². The fraction of sp³-hybridized carbons (Fsp3) is 0.810. The molecule has 3 heterocycles. The topological polar surface area (TPSA) is 60.7 Å². The number of nitrogens with one attached hydrogen (secondary N) is 2. The smallest absolute Gasteiger partial charge is 0.191 e. The Morgan fingerprint density at radius 3 is 2.24 bits per heavy atom. The quantitative estimate of drug-likeness (QED) is 0.357. The summed E-state index contributed by atoms with van der Waals surface area (Å²) in [5, 5.41) is 11.7. The molecule has 2 saturated heterocycles. The third-order valence-electron chi connectivity index (χ3n) is 6.84. The van der Waals surface area contributed by atoms with Gasteiger partial charge in [0.1, 0.15) is 0 Å². The van der Waals surface area contributed by atoms with Crippen LogP contribution < -0.4 is 10.6 Å². The molecule has 2 aliphatic heterocycles. The summed E-state index contributed by atoms with van der Waals surface area (Å²) in [6, 6.07) is 0. The molecule has 3 rings (SSSR count). The number of guanidine groups is 1. The van der Waals surface area contributed by atoms with Crippen LogP contribution in [-0.2, 0) is 13.6 Å². The molecule has 29 heavy (non-hydrogen) atoms. The molecule has 0 spiro atoms. The second-order valence-electron chi connectivity index (χ2n) is 8.63. The van der Waals surface area contributed by atoms with Crippen LogP contribution in [0.5, 0.6) is 0 Å². The molecular weight excluding hydrogens is 477 g/mol. The Morgan fingerprint density at radius 2 is 1.69 bits per heavy atom. The zero-order valence-corrected chi connectivity index (χ0v) is 21.3. The van der Waals surface area contributed by atoms with Crippen LogP contribution in [-0.4, -0.2) is 77.9 Å². The van der Waals surface area contributed by atoms with E-state index in [-0.39, 0.29) is 29.5 Å². The highest BCUT2D eigenvalue weighted by atomic mass is 127. The van der Waals surface area contributed by atoms with E-state index >= 15 is 0 Å². The summed E-state index contributed by atoms with van der Waals surface area (Å²) in [7, 11) is 6.11. The van der Waals surface area contributed by atoms with E-state index in [1.807, 2.05) is 18.8 Å². The van der Waals surface area contributed by atoms with E-state index < -0.39 is 0 Å². The van der Waals surface area contributed by atoms with Crippen molar-refractivity contribution in [3.8, 4) is 0 Å². The van der Waals surface area contributed by atoms with Crippen molar-refractivity contribution in [3.05, 3.63) is 17.0 Å². The molecule has 166 valence electrons. The first-order chi connectivity index (χ1) is 13.4. The number of halogens is 1. The van der Waals surface area contributed by atoms with Crippen LogP contribution in [0.15, 0.2) is 4.99 Å². The van der Waals surface area contributed by atoms with E-state index in [2.05, 4.69) is 51.4 Å². The maximum atomic E-state index is 4.52. The fourth-order valence-corrected chi connectivity index (χ4v) is 4.72. The molecule has 2 fully saturated rings. The average Bonchev–Trinajstić information content (AvgIpc) is 2.96. The second-order valence-corrected chi connectivity index (χ2v) is 8.63. The molecule has 2 N–H and O–H groups in total. The Hall–Kier alpha value is -0.870. The molecule has 8 heteroatoms. The third kappa shape index (κ3) is 5.85. The van der Waals surface area contributed by atoms with Crippen molar-refractivity contribution >= 4 is 29.9 Å². The van der Waals surface area contributed by atoms with Gasteiger partial charge in [0.15, 0.2) is 5.96 Å².